The van der Waals surface area contributed by atoms with Crippen molar-refractivity contribution in [3.8, 4) is 5.75 Å². The molecule has 0 saturated heterocycles. The first-order valence-corrected chi connectivity index (χ1v) is 8.90. The summed E-state index contributed by atoms with van der Waals surface area (Å²) in [5, 5.41) is 0. The molecule has 0 aliphatic heterocycles. The highest BCUT2D eigenvalue weighted by molar-refractivity contribution is 5.94. The summed E-state index contributed by atoms with van der Waals surface area (Å²) in [6.45, 7) is 1.03. The molecule has 0 N–H and O–H groups in total. The fraction of sp³-hybridized carbons (Fsp3) is 0.227. The third-order valence-corrected chi connectivity index (χ3v) is 4.50. The first kappa shape index (κ1) is 16.5. The van der Waals surface area contributed by atoms with E-state index < -0.39 is 0 Å². The van der Waals surface area contributed by atoms with Crippen LogP contribution in [0.2, 0.25) is 0 Å². The van der Waals surface area contributed by atoms with Gasteiger partial charge in [-0.2, -0.15) is 0 Å². The molecule has 1 aromatic heterocycles. The van der Waals surface area contributed by atoms with Crippen molar-refractivity contribution in [1.82, 2.24) is 4.90 Å². The standard InChI is InChI=1S/C22H21NO3/c24-22(23(19-10-11-19)15-21-7-4-14-25-21)18-8-12-20(13-9-18)26-16-17-5-2-1-3-6-17/h1-9,12-14,19H,10-11,15-16H2. The number of hydrogen-bond donors (Lipinski definition) is 0. The number of benzene rings is 2. The van der Waals surface area contributed by atoms with Crippen LogP contribution in [0.4, 0.5) is 0 Å². The minimum Gasteiger partial charge on any atom is -0.489 e. The van der Waals surface area contributed by atoms with Gasteiger partial charge in [0.2, 0.25) is 0 Å². The van der Waals surface area contributed by atoms with Gasteiger partial charge < -0.3 is 14.1 Å². The molecular formula is C22H21NO3. The summed E-state index contributed by atoms with van der Waals surface area (Å²) >= 11 is 0. The molecule has 132 valence electrons. The van der Waals surface area contributed by atoms with E-state index in [2.05, 4.69) is 0 Å². The Balaban J connectivity index is 1.41. The lowest BCUT2D eigenvalue weighted by molar-refractivity contribution is 0.0717. The van der Waals surface area contributed by atoms with E-state index in [0.29, 0.717) is 24.8 Å². The molecule has 1 amide bonds. The van der Waals surface area contributed by atoms with Crippen LogP contribution in [0.1, 0.15) is 34.5 Å². The third-order valence-electron chi connectivity index (χ3n) is 4.50. The predicted molar refractivity (Wildman–Crippen MR) is 98.8 cm³/mol. The van der Waals surface area contributed by atoms with Crippen molar-refractivity contribution in [2.24, 2.45) is 0 Å². The Morgan fingerprint density at radius 2 is 1.77 bits per heavy atom. The molecule has 2 aromatic carbocycles. The first-order valence-electron chi connectivity index (χ1n) is 8.90. The molecule has 1 fully saturated rings. The highest BCUT2D eigenvalue weighted by Gasteiger charge is 2.33. The van der Waals surface area contributed by atoms with Crippen molar-refractivity contribution in [3.05, 3.63) is 89.9 Å². The van der Waals surface area contributed by atoms with Gasteiger partial charge in [-0.15, -0.1) is 0 Å². The van der Waals surface area contributed by atoms with Gasteiger partial charge >= 0.3 is 0 Å². The molecule has 4 heteroatoms. The smallest absolute Gasteiger partial charge is 0.254 e. The quantitative estimate of drug-likeness (QED) is 0.624. The lowest BCUT2D eigenvalue weighted by Crippen LogP contribution is -2.32. The molecule has 1 aliphatic rings. The van der Waals surface area contributed by atoms with Crippen LogP contribution in [0.3, 0.4) is 0 Å². The summed E-state index contributed by atoms with van der Waals surface area (Å²) in [6, 6.07) is 21.5. The van der Waals surface area contributed by atoms with E-state index in [-0.39, 0.29) is 5.91 Å². The molecule has 0 unspecified atom stereocenters. The summed E-state index contributed by atoms with van der Waals surface area (Å²) in [5.41, 5.74) is 1.79. The number of amides is 1. The maximum absolute atomic E-state index is 12.9. The van der Waals surface area contributed by atoms with Gasteiger partial charge in [-0.25, -0.2) is 0 Å². The van der Waals surface area contributed by atoms with Gasteiger partial charge in [0.1, 0.15) is 18.1 Å². The summed E-state index contributed by atoms with van der Waals surface area (Å²) in [6.07, 6.45) is 3.76. The second-order valence-corrected chi connectivity index (χ2v) is 6.54. The van der Waals surface area contributed by atoms with Crippen molar-refractivity contribution < 1.29 is 13.9 Å². The van der Waals surface area contributed by atoms with E-state index in [0.717, 1.165) is 29.9 Å². The van der Waals surface area contributed by atoms with Crippen molar-refractivity contribution in [3.63, 3.8) is 0 Å². The van der Waals surface area contributed by atoms with Crippen molar-refractivity contribution in [2.45, 2.75) is 32.0 Å². The van der Waals surface area contributed by atoms with Gasteiger partial charge in [0.05, 0.1) is 12.8 Å². The molecular weight excluding hydrogens is 326 g/mol. The Morgan fingerprint density at radius 1 is 1.00 bits per heavy atom. The van der Waals surface area contributed by atoms with Crippen LogP contribution in [0.15, 0.2) is 77.4 Å². The zero-order valence-electron chi connectivity index (χ0n) is 14.5. The van der Waals surface area contributed by atoms with Crippen LogP contribution >= 0.6 is 0 Å². The second-order valence-electron chi connectivity index (χ2n) is 6.54. The Morgan fingerprint density at radius 3 is 2.42 bits per heavy atom. The van der Waals surface area contributed by atoms with E-state index in [1.54, 1.807) is 6.26 Å². The van der Waals surface area contributed by atoms with Gasteiger partial charge in [-0.3, -0.25) is 4.79 Å². The van der Waals surface area contributed by atoms with E-state index >= 15 is 0 Å². The molecule has 4 rings (SSSR count). The summed E-state index contributed by atoms with van der Waals surface area (Å²) in [7, 11) is 0. The van der Waals surface area contributed by atoms with Crippen LogP contribution in [-0.2, 0) is 13.2 Å². The molecule has 1 heterocycles. The Labute approximate surface area is 153 Å². The van der Waals surface area contributed by atoms with Gasteiger partial charge in [0.15, 0.2) is 0 Å². The topological polar surface area (TPSA) is 42.7 Å². The van der Waals surface area contributed by atoms with Gasteiger partial charge in [-0.05, 0) is 54.8 Å². The molecule has 0 radical (unpaired) electrons. The minimum atomic E-state index is 0.0403. The van der Waals surface area contributed by atoms with Crippen molar-refractivity contribution in [2.75, 3.05) is 0 Å². The normalized spacial score (nSPS) is 13.4. The molecule has 0 atom stereocenters. The zero-order chi connectivity index (χ0) is 17.8. The van der Waals surface area contributed by atoms with Crippen LogP contribution in [0.25, 0.3) is 0 Å². The average Bonchev–Trinajstić information content (AvgIpc) is 3.41. The maximum Gasteiger partial charge on any atom is 0.254 e. The van der Waals surface area contributed by atoms with E-state index in [9.17, 15) is 4.79 Å². The van der Waals surface area contributed by atoms with E-state index in [4.69, 9.17) is 9.15 Å². The molecule has 0 bridgehead atoms. The summed E-state index contributed by atoms with van der Waals surface area (Å²) in [5.74, 6) is 1.61. The number of rotatable bonds is 7. The minimum absolute atomic E-state index is 0.0403. The number of carbonyl (C=O) groups excluding carboxylic acids is 1. The largest absolute Gasteiger partial charge is 0.489 e. The lowest BCUT2D eigenvalue weighted by atomic mass is 10.2. The van der Waals surface area contributed by atoms with E-state index in [1.165, 1.54) is 0 Å². The van der Waals surface area contributed by atoms with Gasteiger partial charge in [-0.1, -0.05) is 30.3 Å². The second kappa shape index (κ2) is 7.48. The summed E-state index contributed by atoms with van der Waals surface area (Å²) in [4.78, 5) is 14.8. The SMILES string of the molecule is O=C(c1ccc(OCc2ccccc2)cc1)N(Cc1ccco1)C1CC1. The number of hydrogen-bond acceptors (Lipinski definition) is 3. The van der Waals surface area contributed by atoms with Crippen LogP contribution < -0.4 is 4.74 Å². The van der Waals surface area contributed by atoms with Crippen LogP contribution in [-0.4, -0.2) is 16.8 Å². The molecule has 3 aromatic rings. The molecule has 26 heavy (non-hydrogen) atoms. The highest BCUT2D eigenvalue weighted by atomic mass is 16.5. The van der Waals surface area contributed by atoms with Crippen molar-refractivity contribution >= 4 is 5.91 Å². The number of nitrogens with zero attached hydrogens (tertiary/aromatic N) is 1. The molecule has 1 aliphatic carbocycles. The molecule has 4 nitrogen and oxygen atoms in total. The van der Waals surface area contributed by atoms with E-state index in [1.807, 2.05) is 71.6 Å². The monoisotopic (exact) mass is 347 g/mol. The fourth-order valence-corrected chi connectivity index (χ4v) is 2.92. The average molecular weight is 347 g/mol. The lowest BCUT2D eigenvalue weighted by Gasteiger charge is -2.21. The number of furan rings is 1. The van der Waals surface area contributed by atoms with Gasteiger partial charge in [0, 0.05) is 11.6 Å². The number of carbonyl (C=O) groups is 1. The van der Waals surface area contributed by atoms with Crippen LogP contribution in [0, 0.1) is 0 Å². The highest BCUT2D eigenvalue weighted by Crippen LogP contribution is 2.30. The Hall–Kier alpha value is -3.01. The summed E-state index contributed by atoms with van der Waals surface area (Å²) < 4.78 is 11.2. The molecule has 0 spiro atoms. The van der Waals surface area contributed by atoms with Crippen molar-refractivity contribution in [1.29, 1.82) is 0 Å². The third kappa shape index (κ3) is 3.97. The maximum atomic E-state index is 12.9. The zero-order valence-corrected chi connectivity index (χ0v) is 14.5. The predicted octanol–water partition coefficient (Wildman–Crippen LogP) is 4.66. The van der Waals surface area contributed by atoms with Gasteiger partial charge in [0.25, 0.3) is 5.91 Å². The molecule has 1 saturated carbocycles. The Bertz CT molecular complexity index is 837. The number of ether oxygens (including phenoxy) is 1. The first-order chi connectivity index (χ1) is 12.8. The Kier molecular flexibility index (Phi) is 4.73. The van der Waals surface area contributed by atoms with Crippen LogP contribution in [0.5, 0.6) is 5.75 Å². The fourth-order valence-electron chi connectivity index (χ4n) is 2.92.